The first-order chi connectivity index (χ1) is 16.0. The largest absolute Gasteiger partial charge is 0.486 e. The van der Waals surface area contributed by atoms with E-state index in [1.807, 2.05) is 42.1 Å². The van der Waals surface area contributed by atoms with Gasteiger partial charge in [0.25, 0.3) is 0 Å². The van der Waals surface area contributed by atoms with E-state index in [2.05, 4.69) is 57.8 Å². The van der Waals surface area contributed by atoms with Crippen LogP contribution in [0.5, 0.6) is 5.75 Å². The van der Waals surface area contributed by atoms with Gasteiger partial charge in [-0.15, -0.1) is 0 Å². The van der Waals surface area contributed by atoms with Gasteiger partial charge in [-0.3, -0.25) is 4.79 Å². The van der Waals surface area contributed by atoms with Gasteiger partial charge in [-0.2, -0.15) is 0 Å². The normalized spacial score (nSPS) is 18.1. The first kappa shape index (κ1) is 24.1. The Kier molecular flexibility index (Phi) is 6.32. The third-order valence-electron chi connectivity index (χ3n) is 7.49. The van der Waals surface area contributed by atoms with E-state index < -0.39 is 5.97 Å². The molecule has 0 aliphatic heterocycles. The smallest absolute Gasteiger partial charge is 0.304 e. The van der Waals surface area contributed by atoms with Crippen molar-refractivity contribution in [1.82, 2.24) is 9.55 Å². The molecule has 0 spiro atoms. The van der Waals surface area contributed by atoms with Crippen LogP contribution in [0.1, 0.15) is 94.0 Å². The molecular formula is C29H36N2O3. The summed E-state index contributed by atoms with van der Waals surface area (Å²) < 4.78 is 8.18. The van der Waals surface area contributed by atoms with E-state index in [1.54, 1.807) is 6.20 Å². The number of nitrogens with zero attached hydrogens (tertiary/aromatic N) is 2. The summed E-state index contributed by atoms with van der Waals surface area (Å²) in [5.74, 6) is 0.349. The molecule has 0 amide bonds. The van der Waals surface area contributed by atoms with Crippen LogP contribution in [-0.4, -0.2) is 20.6 Å². The fourth-order valence-corrected chi connectivity index (χ4v) is 5.16. The Morgan fingerprint density at radius 3 is 2.24 bits per heavy atom. The number of hydrogen-bond donors (Lipinski definition) is 1. The van der Waals surface area contributed by atoms with Gasteiger partial charge in [-0.1, -0.05) is 58.0 Å². The Morgan fingerprint density at radius 2 is 1.65 bits per heavy atom. The van der Waals surface area contributed by atoms with Gasteiger partial charge >= 0.3 is 5.97 Å². The second-order valence-corrected chi connectivity index (χ2v) is 10.9. The number of hydrogen-bond acceptors (Lipinski definition) is 3. The molecule has 4 rings (SSSR count). The number of aryl methyl sites for hydroxylation is 1. The monoisotopic (exact) mass is 460 g/mol. The van der Waals surface area contributed by atoms with Crippen LogP contribution in [0.15, 0.2) is 54.9 Å². The van der Waals surface area contributed by atoms with Crippen molar-refractivity contribution in [2.45, 2.75) is 76.7 Å². The van der Waals surface area contributed by atoms with Crippen molar-refractivity contribution < 1.29 is 14.6 Å². The van der Waals surface area contributed by atoms with E-state index in [-0.39, 0.29) is 29.3 Å². The van der Waals surface area contributed by atoms with Crippen LogP contribution < -0.4 is 4.74 Å². The number of fused-ring (bicyclic) bond motifs is 1. The lowest BCUT2D eigenvalue weighted by Gasteiger charge is -2.42. The summed E-state index contributed by atoms with van der Waals surface area (Å²) in [4.78, 5) is 15.9. The Bertz CT molecular complexity index is 1170. The Balaban J connectivity index is 1.55. The molecule has 2 atom stereocenters. The fourth-order valence-electron chi connectivity index (χ4n) is 5.16. The average molecular weight is 461 g/mol. The highest BCUT2D eigenvalue weighted by molar-refractivity contribution is 5.68. The average Bonchev–Trinajstić information content (AvgIpc) is 3.21. The van der Waals surface area contributed by atoms with E-state index in [4.69, 9.17) is 4.74 Å². The van der Waals surface area contributed by atoms with Gasteiger partial charge in [0.05, 0.1) is 12.3 Å². The molecule has 0 saturated carbocycles. The van der Waals surface area contributed by atoms with Gasteiger partial charge in [0.2, 0.25) is 0 Å². The molecule has 1 heterocycles. The standard InChI is InChI=1S/C29H36N2O3/c1-19(21-9-12-24-25(17-21)29(4,5)14-13-28(24,2)3)34-22-10-7-20(8-11-22)23(18-26(32)33)27-30-15-16-31(27)6/h7-12,15-17,19,23H,13-14,18H2,1-6H3,(H,32,33). The van der Waals surface area contributed by atoms with Crippen molar-refractivity contribution in [1.29, 1.82) is 0 Å². The van der Waals surface area contributed by atoms with Crippen molar-refractivity contribution in [2.75, 3.05) is 0 Å². The van der Waals surface area contributed by atoms with E-state index >= 15 is 0 Å². The van der Waals surface area contributed by atoms with Crippen molar-refractivity contribution in [2.24, 2.45) is 7.05 Å². The second-order valence-electron chi connectivity index (χ2n) is 10.9. The lowest BCUT2D eigenvalue weighted by Crippen LogP contribution is -2.34. The lowest BCUT2D eigenvalue weighted by molar-refractivity contribution is -0.137. The number of aliphatic carboxylic acids is 1. The zero-order valence-electron chi connectivity index (χ0n) is 21.1. The van der Waals surface area contributed by atoms with E-state index in [0.29, 0.717) is 0 Å². The summed E-state index contributed by atoms with van der Waals surface area (Å²) in [6.45, 7) is 11.4. The zero-order chi connectivity index (χ0) is 24.7. The van der Waals surface area contributed by atoms with Gasteiger partial charge in [0.1, 0.15) is 17.7 Å². The third-order valence-corrected chi connectivity index (χ3v) is 7.49. The molecular weight excluding hydrogens is 424 g/mol. The highest BCUT2D eigenvalue weighted by atomic mass is 16.5. The first-order valence-corrected chi connectivity index (χ1v) is 12.1. The van der Waals surface area contributed by atoms with Crippen LogP contribution in [0.3, 0.4) is 0 Å². The minimum atomic E-state index is -0.847. The SMILES string of the molecule is CC(Oc1ccc(C(CC(=O)O)c2nccn2C)cc1)c1ccc2c(c1)C(C)(C)CCC2(C)C. The van der Waals surface area contributed by atoms with Crippen LogP contribution in [0.4, 0.5) is 0 Å². The maximum Gasteiger partial charge on any atom is 0.304 e. The summed E-state index contributed by atoms with van der Waals surface area (Å²) >= 11 is 0. The van der Waals surface area contributed by atoms with Crippen LogP contribution in [0.2, 0.25) is 0 Å². The number of carboxylic acid groups (broad SMARTS) is 1. The number of carboxylic acids is 1. The predicted molar refractivity (Wildman–Crippen MR) is 135 cm³/mol. The minimum absolute atomic E-state index is 0.0112. The van der Waals surface area contributed by atoms with Crippen LogP contribution in [-0.2, 0) is 22.7 Å². The maximum absolute atomic E-state index is 11.5. The van der Waals surface area contributed by atoms with Crippen LogP contribution in [0.25, 0.3) is 0 Å². The first-order valence-electron chi connectivity index (χ1n) is 12.1. The zero-order valence-corrected chi connectivity index (χ0v) is 21.1. The lowest BCUT2D eigenvalue weighted by atomic mass is 9.63. The third kappa shape index (κ3) is 4.75. The summed E-state index contributed by atoms with van der Waals surface area (Å²) in [6, 6.07) is 14.6. The summed E-state index contributed by atoms with van der Waals surface area (Å²) in [6.07, 6.45) is 5.81. The maximum atomic E-state index is 11.5. The van der Waals surface area contributed by atoms with Gasteiger partial charge in [-0.05, 0) is 65.0 Å². The number of carbonyl (C=O) groups is 1. The Morgan fingerprint density at radius 1 is 1.03 bits per heavy atom. The number of benzene rings is 2. The number of rotatable bonds is 7. The molecule has 1 aliphatic carbocycles. The second kappa shape index (κ2) is 8.94. The molecule has 0 fully saturated rings. The molecule has 0 saturated heterocycles. The highest BCUT2D eigenvalue weighted by Gasteiger charge is 2.37. The quantitative estimate of drug-likeness (QED) is 0.436. The molecule has 180 valence electrons. The molecule has 5 nitrogen and oxygen atoms in total. The number of ether oxygens (including phenoxy) is 1. The van der Waals surface area contributed by atoms with Crippen LogP contribution in [0, 0.1) is 0 Å². The molecule has 3 aromatic rings. The van der Waals surface area contributed by atoms with E-state index in [1.165, 1.54) is 29.5 Å². The molecule has 1 aliphatic rings. The van der Waals surface area contributed by atoms with Crippen molar-refractivity contribution in [3.63, 3.8) is 0 Å². The molecule has 0 bridgehead atoms. The minimum Gasteiger partial charge on any atom is -0.486 e. The van der Waals surface area contributed by atoms with Gasteiger partial charge in [0.15, 0.2) is 0 Å². The molecule has 1 N–H and O–H groups in total. The molecule has 0 radical (unpaired) electrons. The number of imidazole rings is 1. The van der Waals surface area contributed by atoms with Gasteiger partial charge in [0, 0.05) is 19.4 Å². The van der Waals surface area contributed by atoms with E-state index in [0.717, 1.165) is 17.1 Å². The molecule has 1 aromatic heterocycles. The Hall–Kier alpha value is -3.08. The molecule has 2 unspecified atom stereocenters. The van der Waals surface area contributed by atoms with Gasteiger partial charge < -0.3 is 14.4 Å². The van der Waals surface area contributed by atoms with Crippen molar-refractivity contribution >= 4 is 5.97 Å². The summed E-state index contributed by atoms with van der Waals surface area (Å²) in [5.41, 5.74) is 5.32. The molecule has 2 aromatic carbocycles. The topological polar surface area (TPSA) is 64.3 Å². The van der Waals surface area contributed by atoms with Gasteiger partial charge in [-0.25, -0.2) is 4.98 Å². The van der Waals surface area contributed by atoms with Crippen LogP contribution >= 0.6 is 0 Å². The molecule has 34 heavy (non-hydrogen) atoms. The summed E-state index contributed by atoms with van der Waals surface area (Å²) in [7, 11) is 1.89. The molecule has 5 heteroatoms. The Labute approximate surface area is 202 Å². The predicted octanol–water partition coefficient (Wildman–Crippen LogP) is 6.52. The number of aromatic nitrogens is 2. The highest BCUT2D eigenvalue weighted by Crippen LogP contribution is 2.46. The fraction of sp³-hybridized carbons (Fsp3) is 0.448. The van der Waals surface area contributed by atoms with Crippen molar-refractivity contribution in [3.05, 3.63) is 82.9 Å². The summed E-state index contributed by atoms with van der Waals surface area (Å²) in [5, 5.41) is 9.43. The van der Waals surface area contributed by atoms with E-state index in [9.17, 15) is 9.90 Å². The van der Waals surface area contributed by atoms with Crippen molar-refractivity contribution in [3.8, 4) is 5.75 Å².